The van der Waals surface area contributed by atoms with Crippen LogP contribution in [-0.4, -0.2) is 54.0 Å². The Bertz CT molecular complexity index is 868. The Balaban J connectivity index is 1.62. The number of thiophene rings is 1. The van der Waals surface area contributed by atoms with Crippen molar-refractivity contribution in [3.8, 4) is 5.75 Å². The molecule has 2 aromatic rings. The fourth-order valence-electron chi connectivity index (χ4n) is 3.55. The van der Waals surface area contributed by atoms with Gasteiger partial charge in [-0.05, 0) is 42.3 Å². The molecule has 3 rings (SSSR count). The quantitative estimate of drug-likeness (QED) is 0.689. The van der Waals surface area contributed by atoms with Gasteiger partial charge in [0, 0.05) is 13.1 Å². The standard InChI is InChI=1S/C21H24N2O5S/c1-28-17-8-3-2-6-14(17)12-15(21(26)27)13-22-19(24)16-7-4-10-23(16)20(25)18-9-5-11-29-18/h2-3,5-6,8-9,11,15-16H,4,7,10,12-13H2,1H3,(H,22,24)(H,26,27)/t15-,16+/m0/s1. The summed E-state index contributed by atoms with van der Waals surface area (Å²) in [5.41, 5.74) is 0.770. The van der Waals surface area contributed by atoms with E-state index in [4.69, 9.17) is 4.74 Å². The molecule has 1 aromatic heterocycles. The van der Waals surface area contributed by atoms with Gasteiger partial charge in [-0.25, -0.2) is 0 Å². The molecule has 0 aliphatic carbocycles. The van der Waals surface area contributed by atoms with Crippen molar-refractivity contribution in [2.75, 3.05) is 20.2 Å². The third-order valence-electron chi connectivity index (χ3n) is 5.08. The first-order chi connectivity index (χ1) is 14.0. The zero-order valence-corrected chi connectivity index (χ0v) is 17.0. The van der Waals surface area contributed by atoms with E-state index in [1.54, 1.807) is 23.1 Å². The summed E-state index contributed by atoms with van der Waals surface area (Å²) in [6, 6.07) is 10.2. The van der Waals surface area contributed by atoms with Gasteiger partial charge >= 0.3 is 5.97 Å². The van der Waals surface area contributed by atoms with Crippen LogP contribution in [0, 0.1) is 5.92 Å². The molecule has 1 fully saturated rings. The number of nitrogens with zero attached hydrogens (tertiary/aromatic N) is 1. The number of hydrogen-bond acceptors (Lipinski definition) is 5. The van der Waals surface area contributed by atoms with Crippen molar-refractivity contribution in [3.63, 3.8) is 0 Å². The van der Waals surface area contributed by atoms with Gasteiger partial charge in [0.1, 0.15) is 11.8 Å². The van der Waals surface area contributed by atoms with Crippen LogP contribution in [0.2, 0.25) is 0 Å². The second kappa shape index (κ2) is 9.56. The maximum absolute atomic E-state index is 12.7. The molecular weight excluding hydrogens is 392 g/mol. The molecule has 1 aliphatic heterocycles. The molecule has 0 saturated carbocycles. The van der Waals surface area contributed by atoms with E-state index >= 15 is 0 Å². The number of hydrogen-bond donors (Lipinski definition) is 2. The van der Waals surface area contributed by atoms with Crippen molar-refractivity contribution in [2.24, 2.45) is 5.92 Å². The van der Waals surface area contributed by atoms with Crippen LogP contribution in [0.15, 0.2) is 41.8 Å². The highest BCUT2D eigenvalue weighted by Gasteiger charge is 2.35. The Morgan fingerprint density at radius 1 is 1.28 bits per heavy atom. The minimum Gasteiger partial charge on any atom is -0.496 e. The third kappa shape index (κ3) is 4.95. The number of amides is 2. The molecule has 0 unspecified atom stereocenters. The van der Waals surface area contributed by atoms with Crippen molar-refractivity contribution >= 4 is 29.1 Å². The maximum atomic E-state index is 12.7. The summed E-state index contributed by atoms with van der Waals surface area (Å²) >= 11 is 1.35. The number of carbonyl (C=O) groups excluding carboxylic acids is 2. The predicted octanol–water partition coefficient (Wildman–Crippen LogP) is 2.42. The monoisotopic (exact) mass is 416 g/mol. The Morgan fingerprint density at radius 3 is 2.76 bits per heavy atom. The van der Waals surface area contributed by atoms with Crippen LogP contribution in [0.1, 0.15) is 28.1 Å². The molecule has 0 radical (unpaired) electrons. The van der Waals surface area contributed by atoms with Gasteiger partial charge in [-0.3, -0.25) is 14.4 Å². The highest BCUT2D eigenvalue weighted by Crippen LogP contribution is 2.23. The second-order valence-corrected chi connectivity index (χ2v) is 7.88. The zero-order valence-electron chi connectivity index (χ0n) is 16.2. The zero-order chi connectivity index (χ0) is 20.8. The molecule has 154 valence electrons. The van der Waals surface area contributed by atoms with Gasteiger partial charge in [0.05, 0.1) is 17.9 Å². The lowest BCUT2D eigenvalue weighted by atomic mass is 9.98. The lowest BCUT2D eigenvalue weighted by Crippen LogP contribution is -2.47. The molecule has 0 bridgehead atoms. The summed E-state index contributed by atoms with van der Waals surface area (Å²) in [4.78, 5) is 39.2. The van der Waals surface area contributed by atoms with Crippen molar-refractivity contribution in [3.05, 3.63) is 52.2 Å². The van der Waals surface area contributed by atoms with Crippen LogP contribution >= 0.6 is 11.3 Å². The van der Waals surface area contributed by atoms with E-state index in [9.17, 15) is 19.5 Å². The van der Waals surface area contributed by atoms with Crippen LogP contribution < -0.4 is 10.1 Å². The van der Waals surface area contributed by atoms with Crippen molar-refractivity contribution in [2.45, 2.75) is 25.3 Å². The number of carboxylic acids is 1. The van der Waals surface area contributed by atoms with E-state index in [0.717, 1.165) is 12.0 Å². The first-order valence-corrected chi connectivity index (χ1v) is 10.4. The van der Waals surface area contributed by atoms with Crippen LogP contribution in [0.3, 0.4) is 0 Å². The molecule has 1 saturated heterocycles. The Kier molecular flexibility index (Phi) is 6.87. The summed E-state index contributed by atoms with van der Waals surface area (Å²) in [7, 11) is 1.54. The van der Waals surface area contributed by atoms with Gasteiger partial charge in [-0.15, -0.1) is 11.3 Å². The molecule has 0 spiro atoms. The van der Waals surface area contributed by atoms with Crippen LogP contribution in [0.4, 0.5) is 0 Å². The number of aliphatic carboxylic acids is 1. The Labute approximate surface area is 173 Å². The molecule has 2 heterocycles. The highest BCUT2D eigenvalue weighted by molar-refractivity contribution is 7.12. The van der Waals surface area contributed by atoms with Gasteiger partial charge in [0.2, 0.25) is 5.91 Å². The first kappa shape index (κ1) is 20.9. The van der Waals surface area contributed by atoms with E-state index in [2.05, 4.69) is 5.32 Å². The summed E-state index contributed by atoms with van der Waals surface area (Å²) in [6.07, 6.45) is 1.56. The number of nitrogens with one attached hydrogen (secondary N) is 1. The lowest BCUT2D eigenvalue weighted by molar-refractivity contribution is -0.141. The van der Waals surface area contributed by atoms with Gasteiger partial charge < -0.3 is 20.1 Å². The Hall–Kier alpha value is -2.87. The molecule has 1 aliphatic rings. The van der Waals surface area contributed by atoms with Crippen LogP contribution in [0.5, 0.6) is 5.75 Å². The summed E-state index contributed by atoms with van der Waals surface area (Å²) < 4.78 is 5.29. The maximum Gasteiger partial charge on any atom is 0.308 e. The minimum absolute atomic E-state index is 0.0102. The van der Waals surface area contributed by atoms with Gasteiger partial charge in [-0.2, -0.15) is 0 Å². The smallest absolute Gasteiger partial charge is 0.308 e. The molecule has 2 atom stereocenters. The third-order valence-corrected chi connectivity index (χ3v) is 5.94. The average molecular weight is 416 g/mol. The number of para-hydroxylation sites is 1. The SMILES string of the molecule is COc1ccccc1C[C@@H](CNC(=O)[C@H]1CCCN1C(=O)c1cccs1)C(=O)O. The summed E-state index contributed by atoms with van der Waals surface area (Å²) in [5.74, 6) is -1.62. The van der Waals surface area contributed by atoms with Gasteiger partial charge in [0.25, 0.3) is 5.91 Å². The molecule has 29 heavy (non-hydrogen) atoms. The second-order valence-electron chi connectivity index (χ2n) is 6.93. The van der Waals surface area contributed by atoms with E-state index in [1.807, 2.05) is 23.6 Å². The molecule has 7 nitrogen and oxygen atoms in total. The number of benzene rings is 1. The van der Waals surface area contributed by atoms with E-state index < -0.39 is 17.9 Å². The molecule has 1 aromatic carbocycles. The fraction of sp³-hybridized carbons (Fsp3) is 0.381. The molecule has 2 amide bonds. The molecule has 2 N–H and O–H groups in total. The van der Waals surface area contributed by atoms with E-state index in [1.165, 1.54) is 18.4 Å². The van der Waals surface area contributed by atoms with E-state index in [-0.39, 0.29) is 24.8 Å². The Morgan fingerprint density at radius 2 is 2.07 bits per heavy atom. The number of carboxylic acid groups (broad SMARTS) is 1. The number of likely N-dealkylation sites (tertiary alicyclic amines) is 1. The van der Waals surface area contributed by atoms with Crippen molar-refractivity contribution in [1.82, 2.24) is 10.2 Å². The number of methoxy groups -OCH3 is 1. The lowest BCUT2D eigenvalue weighted by Gasteiger charge is -2.24. The van der Waals surface area contributed by atoms with E-state index in [0.29, 0.717) is 23.6 Å². The minimum atomic E-state index is -0.992. The van der Waals surface area contributed by atoms with Crippen LogP contribution in [0.25, 0.3) is 0 Å². The number of ether oxygens (including phenoxy) is 1. The van der Waals surface area contributed by atoms with Crippen LogP contribution in [-0.2, 0) is 16.0 Å². The van der Waals surface area contributed by atoms with Crippen molar-refractivity contribution in [1.29, 1.82) is 0 Å². The number of carbonyl (C=O) groups is 3. The van der Waals surface area contributed by atoms with Gasteiger partial charge in [0.15, 0.2) is 0 Å². The summed E-state index contributed by atoms with van der Waals surface area (Å²) in [5, 5.41) is 14.2. The normalized spacial score (nSPS) is 17.0. The van der Waals surface area contributed by atoms with Crippen molar-refractivity contribution < 1.29 is 24.2 Å². The van der Waals surface area contributed by atoms with Gasteiger partial charge in [-0.1, -0.05) is 24.3 Å². The fourth-order valence-corrected chi connectivity index (χ4v) is 4.23. The number of rotatable bonds is 8. The average Bonchev–Trinajstić information content (AvgIpc) is 3.42. The first-order valence-electron chi connectivity index (χ1n) is 9.48. The largest absolute Gasteiger partial charge is 0.496 e. The molecular formula is C21H24N2O5S. The molecule has 8 heteroatoms. The summed E-state index contributed by atoms with van der Waals surface area (Å²) in [6.45, 7) is 0.516. The predicted molar refractivity (Wildman–Crippen MR) is 109 cm³/mol. The topological polar surface area (TPSA) is 95.9 Å². The highest BCUT2D eigenvalue weighted by atomic mass is 32.1.